The Morgan fingerprint density at radius 1 is 0.808 bits per heavy atom. The minimum atomic E-state index is -0.0240. The number of carbonyl (C=O) groups is 1. The first kappa shape index (κ1) is 16.1. The average Bonchev–Trinajstić information content (AvgIpc) is 2.69. The van der Waals surface area contributed by atoms with Crippen molar-refractivity contribution in [3.05, 3.63) is 98.6 Å². The van der Waals surface area contributed by atoms with Crippen molar-refractivity contribution >= 4 is 34.2 Å². The van der Waals surface area contributed by atoms with E-state index in [0.29, 0.717) is 5.92 Å². The molecule has 3 aliphatic carbocycles. The fourth-order valence-corrected chi connectivity index (χ4v) is 5.02. The summed E-state index contributed by atoms with van der Waals surface area (Å²) in [6.45, 7) is 0. The van der Waals surface area contributed by atoms with Gasteiger partial charge in [0.2, 0.25) is 5.91 Å². The van der Waals surface area contributed by atoms with Crippen LogP contribution < -0.4 is 5.32 Å². The Balaban J connectivity index is 1.54. The van der Waals surface area contributed by atoms with Gasteiger partial charge < -0.3 is 5.32 Å². The van der Waals surface area contributed by atoms with Gasteiger partial charge in [-0.05, 0) is 75.5 Å². The molecule has 3 heteroatoms. The number of hydrogen-bond donors (Lipinski definition) is 1. The van der Waals surface area contributed by atoms with Gasteiger partial charge in [0, 0.05) is 21.1 Å². The van der Waals surface area contributed by atoms with Crippen LogP contribution in [0.4, 0.5) is 5.69 Å². The molecular formula is C23H18INO. The van der Waals surface area contributed by atoms with Crippen molar-refractivity contribution in [1.29, 1.82) is 0 Å². The third-order valence-electron chi connectivity index (χ3n) is 5.75. The number of hydrogen-bond acceptors (Lipinski definition) is 1. The number of benzene rings is 3. The van der Waals surface area contributed by atoms with Crippen LogP contribution in [0.1, 0.15) is 40.5 Å². The predicted molar refractivity (Wildman–Crippen MR) is 112 cm³/mol. The first-order valence-corrected chi connectivity index (χ1v) is 10.0. The van der Waals surface area contributed by atoms with Crippen LogP contribution in [0.25, 0.3) is 0 Å². The number of amides is 1. The molecule has 128 valence electrons. The minimum Gasteiger partial charge on any atom is -0.326 e. The molecule has 3 aliphatic rings. The zero-order chi connectivity index (χ0) is 17.7. The van der Waals surface area contributed by atoms with Gasteiger partial charge in [0.05, 0.1) is 5.92 Å². The lowest BCUT2D eigenvalue weighted by Crippen LogP contribution is -2.38. The van der Waals surface area contributed by atoms with Crippen molar-refractivity contribution < 1.29 is 4.79 Å². The smallest absolute Gasteiger partial charge is 0.228 e. The lowest BCUT2D eigenvalue weighted by Gasteiger charge is -2.44. The third kappa shape index (κ3) is 2.49. The molecule has 0 unspecified atom stereocenters. The van der Waals surface area contributed by atoms with Gasteiger partial charge in [-0.2, -0.15) is 0 Å². The SMILES string of the molecule is O=C(Nc1ccc(I)cc1)[C@@H]1CC2c3ccccc3C1c1ccccc12. The van der Waals surface area contributed by atoms with Gasteiger partial charge in [-0.25, -0.2) is 0 Å². The Hall–Kier alpha value is -2.14. The Morgan fingerprint density at radius 2 is 1.35 bits per heavy atom. The molecule has 1 amide bonds. The van der Waals surface area contributed by atoms with E-state index < -0.39 is 0 Å². The number of carbonyl (C=O) groups excluding carboxylic acids is 1. The summed E-state index contributed by atoms with van der Waals surface area (Å²) in [4.78, 5) is 13.1. The monoisotopic (exact) mass is 451 g/mol. The van der Waals surface area contributed by atoms with Gasteiger partial charge in [-0.3, -0.25) is 4.79 Å². The van der Waals surface area contributed by atoms with E-state index in [2.05, 4.69) is 76.4 Å². The predicted octanol–water partition coefficient (Wildman–Crippen LogP) is 5.53. The van der Waals surface area contributed by atoms with Crippen molar-refractivity contribution in [2.24, 2.45) is 5.92 Å². The average molecular weight is 451 g/mol. The molecule has 0 aromatic heterocycles. The number of halogens is 1. The van der Waals surface area contributed by atoms with Gasteiger partial charge in [-0.15, -0.1) is 0 Å². The summed E-state index contributed by atoms with van der Waals surface area (Å²) in [7, 11) is 0. The minimum absolute atomic E-state index is 0.0240. The zero-order valence-corrected chi connectivity index (χ0v) is 16.3. The van der Waals surface area contributed by atoms with Gasteiger partial charge >= 0.3 is 0 Å². The third-order valence-corrected chi connectivity index (χ3v) is 6.47. The molecule has 3 aromatic rings. The van der Waals surface area contributed by atoms with Crippen LogP contribution in [0.3, 0.4) is 0 Å². The van der Waals surface area contributed by atoms with Crippen molar-refractivity contribution in [3.8, 4) is 0 Å². The molecule has 2 bridgehead atoms. The van der Waals surface area contributed by atoms with Crippen molar-refractivity contribution in [1.82, 2.24) is 0 Å². The second kappa shape index (κ2) is 6.23. The van der Waals surface area contributed by atoms with Crippen LogP contribution in [0.2, 0.25) is 0 Å². The van der Waals surface area contributed by atoms with Crippen LogP contribution in [-0.2, 0) is 4.79 Å². The maximum atomic E-state index is 13.1. The Kier molecular flexibility index (Phi) is 3.85. The molecule has 26 heavy (non-hydrogen) atoms. The van der Waals surface area contributed by atoms with Gasteiger partial charge in [0.25, 0.3) is 0 Å². The number of rotatable bonds is 2. The first-order valence-electron chi connectivity index (χ1n) is 8.96. The van der Waals surface area contributed by atoms with E-state index in [-0.39, 0.29) is 17.7 Å². The summed E-state index contributed by atoms with van der Waals surface area (Å²) in [5.41, 5.74) is 6.32. The Labute approximate surface area is 166 Å². The molecule has 0 fully saturated rings. The molecule has 0 saturated heterocycles. The molecule has 1 atom stereocenters. The molecule has 0 spiro atoms. The highest BCUT2D eigenvalue weighted by Crippen LogP contribution is 2.55. The zero-order valence-electron chi connectivity index (χ0n) is 14.2. The molecule has 0 saturated carbocycles. The normalized spacial score (nSPS) is 22.4. The van der Waals surface area contributed by atoms with Crippen LogP contribution >= 0.6 is 22.6 Å². The number of fused-ring (bicyclic) bond motifs is 1. The summed E-state index contributed by atoms with van der Waals surface area (Å²) in [5.74, 6) is 0.574. The fourth-order valence-electron chi connectivity index (χ4n) is 4.66. The lowest BCUT2D eigenvalue weighted by molar-refractivity contribution is -0.121. The van der Waals surface area contributed by atoms with Gasteiger partial charge in [0.1, 0.15) is 0 Å². The molecule has 6 rings (SSSR count). The Bertz CT molecular complexity index is 948. The van der Waals surface area contributed by atoms with Crippen molar-refractivity contribution in [3.63, 3.8) is 0 Å². The van der Waals surface area contributed by atoms with E-state index in [9.17, 15) is 4.79 Å². The highest BCUT2D eigenvalue weighted by molar-refractivity contribution is 14.1. The molecule has 1 N–H and O–H groups in total. The van der Waals surface area contributed by atoms with E-state index in [1.165, 1.54) is 25.8 Å². The standard InChI is InChI=1S/C23H18INO/c24-14-9-11-15(12-10-14)25-23(26)21-13-20-16-5-1-3-7-18(16)22(21)19-8-4-2-6-17(19)20/h1-12,20-22H,13H2,(H,25,26)/t20?,21-,22?/m1/s1. The van der Waals surface area contributed by atoms with E-state index in [1.54, 1.807) is 0 Å². The molecule has 2 nitrogen and oxygen atoms in total. The highest BCUT2D eigenvalue weighted by atomic mass is 127. The second-order valence-electron chi connectivity index (χ2n) is 7.13. The summed E-state index contributed by atoms with van der Waals surface area (Å²) < 4.78 is 1.17. The quantitative estimate of drug-likeness (QED) is 0.511. The van der Waals surface area contributed by atoms with Crippen LogP contribution in [0.5, 0.6) is 0 Å². The van der Waals surface area contributed by atoms with Gasteiger partial charge in [-0.1, -0.05) is 48.5 Å². The van der Waals surface area contributed by atoms with Crippen LogP contribution in [-0.4, -0.2) is 5.91 Å². The Morgan fingerprint density at radius 3 is 1.92 bits per heavy atom. The lowest BCUT2D eigenvalue weighted by atomic mass is 9.59. The van der Waals surface area contributed by atoms with Gasteiger partial charge in [0.15, 0.2) is 0 Å². The molecular weight excluding hydrogens is 433 g/mol. The van der Waals surface area contributed by atoms with Crippen LogP contribution in [0.15, 0.2) is 72.8 Å². The summed E-state index contributed by atoms with van der Waals surface area (Å²) >= 11 is 2.28. The molecule has 3 aromatic carbocycles. The highest BCUT2D eigenvalue weighted by Gasteiger charge is 2.45. The second-order valence-corrected chi connectivity index (χ2v) is 8.37. The maximum Gasteiger partial charge on any atom is 0.228 e. The van der Waals surface area contributed by atoms with Crippen LogP contribution in [0, 0.1) is 9.49 Å². The van der Waals surface area contributed by atoms with E-state index in [0.717, 1.165) is 12.1 Å². The van der Waals surface area contributed by atoms with E-state index >= 15 is 0 Å². The largest absolute Gasteiger partial charge is 0.326 e. The van der Waals surface area contributed by atoms with E-state index in [1.807, 2.05) is 24.3 Å². The van der Waals surface area contributed by atoms with Crippen molar-refractivity contribution in [2.75, 3.05) is 5.32 Å². The maximum absolute atomic E-state index is 13.1. The van der Waals surface area contributed by atoms with E-state index in [4.69, 9.17) is 0 Å². The summed E-state index contributed by atoms with van der Waals surface area (Å²) in [6, 6.07) is 25.3. The molecule has 0 radical (unpaired) electrons. The fraction of sp³-hybridized carbons (Fsp3) is 0.174. The molecule has 0 aliphatic heterocycles. The van der Waals surface area contributed by atoms with Crippen molar-refractivity contribution in [2.45, 2.75) is 18.3 Å². The number of anilines is 1. The topological polar surface area (TPSA) is 29.1 Å². The summed E-state index contributed by atoms with van der Waals surface area (Å²) in [5, 5.41) is 3.14. The number of nitrogens with one attached hydrogen (secondary N) is 1. The first-order chi connectivity index (χ1) is 12.7. The molecule has 0 heterocycles. The summed E-state index contributed by atoms with van der Waals surface area (Å²) in [6.07, 6.45) is 0.884.